The van der Waals surface area contributed by atoms with E-state index in [-0.39, 0.29) is 6.54 Å². The maximum absolute atomic E-state index is 12.0. The molecular weight excluding hydrogens is 361 g/mol. The summed E-state index contributed by atoms with van der Waals surface area (Å²) in [7, 11) is 1.73. The Morgan fingerprint density at radius 3 is 2.48 bits per heavy atom. The molecule has 1 heterocycles. The Balaban J connectivity index is 0.000000271. The van der Waals surface area contributed by atoms with Gasteiger partial charge in [0, 0.05) is 26.6 Å². The molecule has 1 aliphatic rings. The first-order valence-electron chi connectivity index (χ1n) is 9.03. The van der Waals surface area contributed by atoms with Gasteiger partial charge in [0.1, 0.15) is 6.54 Å². The van der Waals surface area contributed by atoms with Crippen LogP contribution in [0.1, 0.15) is 43.7 Å². The molecule has 0 radical (unpaired) electrons. The minimum absolute atomic E-state index is 0.0991. The van der Waals surface area contributed by atoms with Gasteiger partial charge in [-0.3, -0.25) is 4.79 Å². The smallest absolute Gasteiger partial charge is 0.384 e. The van der Waals surface area contributed by atoms with Crippen LogP contribution in [0.3, 0.4) is 0 Å². The molecule has 27 heavy (non-hydrogen) atoms. The van der Waals surface area contributed by atoms with Crippen molar-refractivity contribution in [2.75, 3.05) is 26.8 Å². The second-order valence-corrected chi connectivity index (χ2v) is 6.54. The highest BCUT2D eigenvalue weighted by molar-refractivity contribution is 5.76. The molecule has 1 saturated heterocycles. The third kappa shape index (κ3) is 8.51. The highest BCUT2D eigenvalue weighted by Gasteiger charge is 2.29. The van der Waals surface area contributed by atoms with Crippen molar-refractivity contribution < 1.29 is 22.7 Å². The summed E-state index contributed by atoms with van der Waals surface area (Å²) < 4.78 is 41.2. The summed E-state index contributed by atoms with van der Waals surface area (Å²) in [6.07, 6.45) is -0.357. The van der Waals surface area contributed by atoms with Crippen LogP contribution in [0, 0.1) is 10.8 Å². The lowest BCUT2D eigenvalue weighted by Crippen LogP contribution is -2.40. The van der Waals surface area contributed by atoms with Gasteiger partial charge in [0.2, 0.25) is 5.91 Å². The zero-order valence-corrected chi connectivity index (χ0v) is 15.8. The standard InChI is InChI=1S/C11H21NO2.C8H6F3NO/c1-3-5-11(13)12-7-4-6-10(8-12)9-14-2;9-8(10,11)7-3-1-6(2-4-7)5-12-13/h10H,3-9H2,1-2H3;1-4H,5H2. The number of rotatable bonds is 6. The number of hydrogen-bond donors (Lipinski definition) is 0. The van der Waals surface area contributed by atoms with Gasteiger partial charge < -0.3 is 9.64 Å². The molecule has 0 bridgehead atoms. The fourth-order valence-electron chi connectivity index (χ4n) is 2.91. The number of likely N-dealkylation sites (tertiary alicyclic amines) is 1. The van der Waals surface area contributed by atoms with E-state index in [9.17, 15) is 22.9 Å². The Morgan fingerprint density at radius 2 is 1.96 bits per heavy atom. The van der Waals surface area contributed by atoms with Gasteiger partial charge in [-0.1, -0.05) is 24.2 Å². The SMILES string of the molecule is CCCC(=O)N1CCCC(COC)C1.O=NCc1ccc(C(F)(F)F)cc1. The number of ether oxygens (including phenoxy) is 1. The van der Waals surface area contributed by atoms with E-state index in [2.05, 4.69) is 12.1 Å². The van der Waals surface area contributed by atoms with Crippen LogP contribution in [0.25, 0.3) is 0 Å². The van der Waals surface area contributed by atoms with E-state index in [1.807, 2.05) is 4.90 Å². The van der Waals surface area contributed by atoms with Crippen LogP contribution in [-0.2, 0) is 22.3 Å². The molecule has 8 heteroatoms. The van der Waals surface area contributed by atoms with Crippen LogP contribution in [0.2, 0.25) is 0 Å². The van der Waals surface area contributed by atoms with E-state index in [4.69, 9.17) is 4.74 Å². The molecule has 152 valence electrons. The summed E-state index contributed by atoms with van der Waals surface area (Å²) in [4.78, 5) is 23.4. The molecule has 0 aliphatic carbocycles. The molecule has 0 aromatic heterocycles. The Hall–Kier alpha value is -1.96. The number of hydrogen-bond acceptors (Lipinski definition) is 4. The highest BCUT2D eigenvalue weighted by Crippen LogP contribution is 2.29. The maximum Gasteiger partial charge on any atom is 0.416 e. The third-order valence-electron chi connectivity index (χ3n) is 4.27. The van der Waals surface area contributed by atoms with Gasteiger partial charge >= 0.3 is 6.18 Å². The molecule has 0 N–H and O–H groups in total. The second kappa shape index (κ2) is 11.7. The van der Waals surface area contributed by atoms with Gasteiger partial charge in [-0.25, -0.2) is 0 Å². The summed E-state index contributed by atoms with van der Waals surface area (Å²) in [5.41, 5.74) is -0.245. The average molecular weight is 388 g/mol. The van der Waals surface area contributed by atoms with E-state index in [0.29, 0.717) is 23.8 Å². The summed E-state index contributed by atoms with van der Waals surface area (Å²) in [6, 6.07) is 4.34. The first kappa shape index (κ1) is 23.1. The minimum atomic E-state index is -4.33. The van der Waals surface area contributed by atoms with Crippen molar-refractivity contribution in [3.8, 4) is 0 Å². The van der Waals surface area contributed by atoms with Gasteiger partial charge in [0.15, 0.2) is 0 Å². The molecule has 1 aromatic rings. The molecular formula is C19H27F3N2O3. The number of benzene rings is 1. The van der Waals surface area contributed by atoms with E-state index in [1.165, 1.54) is 18.6 Å². The fourth-order valence-corrected chi connectivity index (χ4v) is 2.91. The monoisotopic (exact) mass is 388 g/mol. The van der Waals surface area contributed by atoms with Crippen molar-refractivity contribution in [3.63, 3.8) is 0 Å². The van der Waals surface area contributed by atoms with Crippen molar-refractivity contribution >= 4 is 5.91 Å². The lowest BCUT2D eigenvalue weighted by Gasteiger charge is -2.32. The van der Waals surface area contributed by atoms with Crippen molar-refractivity contribution in [2.24, 2.45) is 11.1 Å². The lowest BCUT2D eigenvalue weighted by molar-refractivity contribution is -0.137. The number of alkyl halides is 3. The molecule has 2 rings (SSSR count). The number of methoxy groups -OCH3 is 1. The van der Waals surface area contributed by atoms with E-state index in [1.54, 1.807) is 7.11 Å². The first-order chi connectivity index (χ1) is 12.8. The quantitative estimate of drug-likeness (QED) is 0.667. The van der Waals surface area contributed by atoms with Gasteiger partial charge in [0.05, 0.1) is 12.2 Å². The third-order valence-corrected chi connectivity index (χ3v) is 4.27. The number of nitroso groups, excluding NO2 is 1. The van der Waals surface area contributed by atoms with Gasteiger partial charge in [-0.15, -0.1) is 0 Å². The van der Waals surface area contributed by atoms with Crippen molar-refractivity contribution in [2.45, 2.75) is 45.3 Å². The summed E-state index contributed by atoms with van der Waals surface area (Å²) in [5.74, 6) is 0.864. The topological polar surface area (TPSA) is 59.0 Å². The summed E-state index contributed by atoms with van der Waals surface area (Å²) >= 11 is 0. The zero-order chi connectivity index (χ0) is 20.3. The van der Waals surface area contributed by atoms with Gasteiger partial charge in [-0.2, -0.15) is 18.1 Å². The van der Waals surface area contributed by atoms with E-state index >= 15 is 0 Å². The average Bonchev–Trinajstić information content (AvgIpc) is 2.63. The number of amides is 1. The number of carbonyl (C=O) groups is 1. The number of carbonyl (C=O) groups excluding carboxylic acids is 1. The Kier molecular flexibility index (Phi) is 9.99. The molecule has 0 saturated carbocycles. The largest absolute Gasteiger partial charge is 0.416 e. The minimum Gasteiger partial charge on any atom is -0.384 e. The van der Waals surface area contributed by atoms with Crippen LogP contribution in [-0.4, -0.2) is 37.6 Å². The molecule has 1 atom stereocenters. The molecule has 0 spiro atoms. The Morgan fingerprint density at radius 1 is 1.30 bits per heavy atom. The van der Waals surface area contributed by atoms with Crippen LogP contribution in [0.15, 0.2) is 29.4 Å². The zero-order valence-electron chi connectivity index (χ0n) is 15.8. The van der Waals surface area contributed by atoms with E-state index < -0.39 is 11.7 Å². The van der Waals surface area contributed by atoms with Crippen LogP contribution < -0.4 is 0 Å². The van der Waals surface area contributed by atoms with Crippen molar-refractivity contribution in [1.29, 1.82) is 0 Å². The van der Waals surface area contributed by atoms with Crippen LogP contribution in [0.5, 0.6) is 0 Å². The first-order valence-corrected chi connectivity index (χ1v) is 9.03. The summed E-state index contributed by atoms with van der Waals surface area (Å²) in [6.45, 7) is 4.58. The van der Waals surface area contributed by atoms with Gasteiger partial charge in [-0.05, 0) is 42.9 Å². The van der Waals surface area contributed by atoms with Crippen molar-refractivity contribution in [1.82, 2.24) is 4.90 Å². The maximum atomic E-state index is 12.0. The Bertz CT molecular complexity index is 575. The number of nitrogens with zero attached hydrogens (tertiary/aromatic N) is 2. The predicted octanol–water partition coefficient (Wildman–Crippen LogP) is 4.64. The highest BCUT2D eigenvalue weighted by atomic mass is 19.4. The van der Waals surface area contributed by atoms with E-state index in [0.717, 1.165) is 44.7 Å². The van der Waals surface area contributed by atoms with Gasteiger partial charge in [0.25, 0.3) is 0 Å². The van der Waals surface area contributed by atoms with Crippen LogP contribution in [0.4, 0.5) is 13.2 Å². The molecule has 5 nitrogen and oxygen atoms in total. The molecule has 1 aromatic carbocycles. The Labute approximate surface area is 157 Å². The molecule has 1 aliphatic heterocycles. The normalized spacial score (nSPS) is 17.1. The lowest BCUT2D eigenvalue weighted by atomic mass is 9.98. The predicted molar refractivity (Wildman–Crippen MR) is 97.0 cm³/mol. The fraction of sp³-hybridized carbons (Fsp3) is 0.632. The number of halogens is 3. The van der Waals surface area contributed by atoms with Crippen LogP contribution >= 0.6 is 0 Å². The second-order valence-electron chi connectivity index (χ2n) is 6.54. The van der Waals surface area contributed by atoms with Crippen molar-refractivity contribution in [3.05, 3.63) is 40.3 Å². The number of piperidine rings is 1. The molecule has 1 fully saturated rings. The summed E-state index contributed by atoms with van der Waals surface area (Å²) in [5, 5.41) is 2.57. The molecule has 1 amide bonds. The molecule has 1 unspecified atom stereocenters.